The molecule has 0 aliphatic heterocycles. The summed E-state index contributed by atoms with van der Waals surface area (Å²) in [7, 11) is 1.98. The normalized spacial score (nSPS) is 14.4. The van der Waals surface area contributed by atoms with Crippen molar-refractivity contribution in [3.05, 3.63) is 23.4 Å². The van der Waals surface area contributed by atoms with Crippen molar-refractivity contribution in [2.24, 2.45) is 11.7 Å². The number of nitrogens with two attached hydrogens (primary N) is 1. The number of hydrogen-bond donors (Lipinski definition) is 2. The lowest BCUT2D eigenvalue weighted by atomic mass is 10.2. The van der Waals surface area contributed by atoms with Gasteiger partial charge in [0.1, 0.15) is 11.7 Å². The molecule has 1 aliphatic rings. The van der Waals surface area contributed by atoms with E-state index >= 15 is 0 Å². The quantitative estimate of drug-likeness (QED) is 0.444. The van der Waals surface area contributed by atoms with Crippen molar-refractivity contribution in [2.45, 2.75) is 19.8 Å². The number of nitrogens with zero attached hydrogens (tertiary/aromatic N) is 2. The molecule has 0 saturated heterocycles. The average Bonchev–Trinajstić information content (AvgIpc) is 3.17. The number of anilines is 1. The maximum atomic E-state index is 7.50. The lowest BCUT2D eigenvalue weighted by Crippen LogP contribution is -2.25. The first kappa shape index (κ1) is 13.8. The largest absolute Gasteiger partial charge is 0.384 e. The predicted molar refractivity (Wildman–Crippen MR) is 76.8 cm³/mol. The second kappa shape index (κ2) is 6.02. The summed E-state index contributed by atoms with van der Waals surface area (Å²) in [6.45, 7) is 4.29. The van der Waals surface area contributed by atoms with Crippen molar-refractivity contribution in [1.29, 1.82) is 5.41 Å². The molecule has 19 heavy (non-hydrogen) atoms. The van der Waals surface area contributed by atoms with Gasteiger partial charge in [-0.15, -0.1) is 0 Å². The highest BCUT2D eigenvalue weighted by Crippen LogP contribution is 2.28. The summed E-state index contributed by atoms with van der Waals surface area (Å²) in [6.07, 6.45) is 2.63. The number of aromatic nitrogens is 1. The van der Waals surface area contributed by atoms with E-state index in [0.29, 0.717) is 12.2 Å². The van der Waals surface area contributed by atoms with Crippen LogP contribution in [0.2, 0.25) is 0 Å². The van der Waals surface area contributed by atoms with Crippen molar-refractivity contribution in [3.8, 4) is 0 Å². The van der Waals surface area contributed by atoms with Crippen LogP contribution in [0.15, 0.2) is 12.1 Å². The van der Waals surface area contributed by atoms with Crippen molar-refractivity contribution in [2.75, 3.05) is 31.7 Å². The Kier molecular flexibility index (Phi) is 4.37. The van der Waals surface area contributed by atoms with Crippen LogP contribution in [0.5, 0.6) is 0 Å². The Bertz CT molecular complexity index is 457. The number of amidine groups is 1. The fourth-order valence-corrected chi connectivity index (χ4v) is 1.85. The molecule has 1 aromatic heterocycles. The summed E-state index contributed by atoms with van der Waals surface area (Å²) >= 11 is 0. The van der Waals surface area contributed by atoms with Crippen LogP contribution < -0.4 is 10.6 Å². The fraction of sp³-hybridized carbons (Fsp3) is 0.571. The molecule has 5 nitrogen and oxygen atoms in total. The predicted octanol–water partition coefficient (Wildman–Crippen LogP) is 1.54. The van der Waals surface area contributed by atoms with Crippen LogP contribution in [0.1, 0.15) is 24.1 Å². The van der Waals surface area contributed by atoms with E-state index in [1.807, 2.05) is 31.0 Å². The topological polar surface area (TPSA) is 75.2 Å². The van der Waals surface area contributed by atoms with Gasteiger partial charge in [-0.2, -0.15) is 0 Å². The highest BCUT2D eigenvalue weighted by atomic mass is 16.5. The molecule has 104 valence electrons. The Morgan fingerprint density at radius 1 is 1.53 bits per heavy atom. The van der Waals surface area contributed by atoms with Gasteiger partial charge in [-0.1, -0.05) is 0 Å². The smallest absolute Gasteiger partial charge is 0.129 e. The van der Waals surface area contributed by atoms with E-state index in [0.717, 1.165) is 30.6 Å². The van der Waals surface area contributed by atoms with Gasteiger partial charge in [0, 0.05) is 31.5 Å². The number of nitrogen functional groups attached to an aromatic ring is 1. The van der Waals surface area contributed by atoms with Crippen molar-refractivity contribution in [3.63, 3.8) is 0 Å². The molecular formula is C14H22N4O. The molecule has 1 heterocycles. The number of rotatable bonds is 7. The van der Waals surface area contributed by atoms with Gasteiger partial charge in [0.2, 0.25) is 0 Å². The zero-order chi connectivity index (χ0) is 13.8. The van der Waals surface area contributed by atoms with Crippen LogP contribution >= 0.6 is 0 Å². The van der Waals surface area contributed by atoms with E-state index in [1.165, 1.54) is 12.8 Å². The van der Waals surface area contributed by atoms with E-state index < -0.39 is 0 Å². The second-order valence-electron chi connectivity index (χ2n) is 5.21. The molecule has 5 heteroatoms. The van der Waals surface area contributed by atoms with E-state index in [-0.39, 0.29) is 5.84 Å². The number of pyridine rings is 1. The molecule has 0 bridgehead atoms. The highest BCUT2D eigenvalue weighted by Gasteiger charge is 2.21. The SMILES string of the molecule is Cc1cc(C(=N)N)cc(N(C)CCOCC2CC2)n1. The molecule has 0 atom stereocenters. The Hall–Kier alpha value is -1.62. The summed E-state index contributed by atoms with van der Waals surface area (Å²) in [4.78, 5) is 6.49. The van der Waals surface area contributed by atoms with E-state index in [4.69, 9.17) is 15.9 Å². The summed E-state index contributed by atoms with van der Waals surface area (Å²) < 4.78 is 5.62. The molecule has 0 aromatic carbocycles. The van der Waals surface area contributed by atoms with Gasteiger partial charge in [-0.05, 0) is 37.8 Å². The van der Waals surface area contributed by atoms with Gasteiger partial charge in [0.25, 0.3) is 0 Å². The van der Waals surface area contributed by atoms with Crippen LogP contribution in [0.3, 0.4) is 0 Å². The molecule has 0 unspecified atom stereocenters. The van der Waals surface area contributed by atoms with Gasteiger partial charge < -0.3 is 15.4 Å². The van der Waals surface area contributed by atoms with Gasteiger partial charge in [0.05, 0.1) is 6.61 Å². The lowest BCUT2D eigenvalue weighted by molar-refractivity contribution is 0.131. The first-order valence-electron chi connectivity index (χ1n) is 6.68. The maximum Gasteiger partial charge on any atom is 0.129 e. The summed E-state index contributed by atoms with van der Waals surface area (Å²) in [6, 6.07) is 3.67. The molecule has 3 N–H and O–H groups in total. The molecule has 2 rings (SSSR count). The summed E-state index contributed by atoms with van der Waals surface area (Å²) in [5.41, 5.74) is 7.11. The Morgan fingerprint density at radius 3 is 2.89 bits per heavy atom. The lowest BCUT2D eigenvalue weighted by Gasteiger charge is -2.19. The van der Waals surface area contributed by atoms with E-state index in [9.17, 15) is 0 Å². The Labute approximate surface area is 114 Å². The standard InChI is InChI=1S/C14H22N4O/c1-10-7-12(14(15)16)8-13(17-10)18(2)5-6-19-9-11-3-4-11/h7-8,11H,3-6,9H2,1-2H3,(H3,15,16). The van der Waals surface area contributed by atoms with Crippen molar-refractivity contribution < 1.29 is 4.74 Å². The minimum absolute atomic E-state index is 0.0742. The van der Waals surface area contributed by atoms with Crippen LogP contribution in [-0.4, -0.2) is 37.6 Å². The van der Waals surface area contributed by atoms with Gasteiger partial charge in [-0.25, -0.2) is 4.98 Å². The van der Waals surface area contributed by atoms with Gasteiger partial charge >= 0.3 is 0 Å². The van der Waals surface area contributed by atoms with Crippen LogP contribution in [0.25, 0.3) is 0 Å². The molecule has 1 aliphatic carbocycles. The Morgan fingerprint density at radius 2 is 2.26 bits per heavy atom. The molecular weight excluding hydrogens is 240 g/mol. The first-order chi connectivity index (χ1) is 9.06. The van der Waals surface area contributed by atoms with Crippen molar-refractivity contribution in [1.82, 2.24) is 4.98 Å². The summed E-state index contributed by atoms with van der Waals surface area (Å²) in [5.74, 6) is 1.71. The monoisotopic (exact) mass is 262 g/mol. The second-order valence-corrected chi connectivity index (χ2v) is 5.21. The van der Waals surface area contributed by atoms with Crippen molar-refractivity contribution >= 4 is 11.7 Å². The third-order valence-corrected chi connectivity index (χ3v) is 3.26. The first-order valence-corrected chi connectivity index (χ1v) is 6.68. The molecule has 0 radical (unpaired) electrons. The van der Waals surface area contributed by atoms with Gasteiger partial charge in [-0.3, -0.25) is 5.41 Å². The zero-order valence-corrected chi connectivity index (χ0v) is 11.6. The zero-order valence-electron chi connectivity index (χ0n) is 11.6. The minimum Gasteiger partial charge on any atom is -0.384 e. The maximum absolute atomic E-state index is 7.50. The number of nitrogens with one attached hydrogen (secondary N) is 1. The average molecular weight is 262 g/mol. The Balaban J connectivity index is 1.89. The molecule has 0 spiro atoms. The van der Waals surface area contributed by atoms with Crippen LogP contribution in [-0.2, 0) is 4.74 Å². The number of likely N-dealkylation sites (N-methyl/N-ethyl adjacent to an activating group) is 1. The third kappa shape index (κ3) is 4.21. The number of aryl methyl sites for hydroxylation is 1. The minimum atomic E-state index is 0.0742. The van der Waals surface area contributed by atoms with E-state index in [2.05, 4.69) is 4.98 Å². The third-order valence-electron chi connectivity index (χ3n) is 3.26. The highest BCUT2D eigenvalue weighted by molar-refractivity contribution is 5.95. The summed E-state index contributed by atoms with van der Waals surface area (Å²) in [5, 5.41) is 7.50. The van der Waals surface area contributed by atoms with Crippen LogP contribution in [0, 0.1) is 18.3 Å². The molecule has 0 amide bonds. The fourth-order valence-electron chi connectivity index (χ4n) is 1.85. The molecule has 1 fully saturated rings. The van der Waals surface area contributed by atoms with Gasteiger partial charge in [0.15, 0.2) is 0 Å². The van der Waals surface area contributed by atoms with Crippen LogP contribution in [0.4, 0.5) is 5.82 Å². The number of hydrogen-bond acceptors (Lipinski definition) is 4. The number of ether oxygens (including phenoxy) is 1. The molecule has 1 aromatic rings. The molecule has 1 saturated carbocycles. The van der Waals surface area contributed by atoms with E-state index in [1.54, 1.807) is 0 Å².